The van der Waals surface area contributed by atoms with Crippen LogP contribution in [0, 0.1) is 5.41 Å². The van der Waals surface area contributed by atoms with Crippen molar-refractivity contribution in [3.8, 4) is 0 Å². The van der Waals surface area contributed by atoms with Crippen LogP contribution < -0.4 is 0 Å². The maximum Gasteiger partial charge on any atom is 0.319 e. The third-order valence-corrected chi connectivity index (χ3v) is 5.84. The zero-order valence-corrected chi connectivity index (χ0v) is 10.9. The molecule has 0 saturated heterocycles. The molecule has 1 spiro atoms. The molecule has 2 nitrogen and oxygen atoms in total. The van der Waals surface area contributed by atoms with Gasteiger partial charge in [-0.25, -0.2) is 0 Å². The minimum absolute atomic E-state index is 0.414. The van der Waals surface area contributed by atoms with Gasteiger partial charge in [0.25, 0.3) is 0 Å². The van der Waals surface area contributed by atoms with Crippen LogP contribution in [-0.2, 0) is 4.79 Å². The summed E-state index contributed by atoms with van der Waals surface area (Å²) < 4.78 is -0.423. The van der Waals surface area contributed by atoms with Crippen LogP contribution >= 0.6 is 11.8 Å². The van der Waals surface area contributed by atoms with E-state index in [1.807, 2.05) is 0 Å². The van der Waals surface area contributed by atoms with E-state index in [1.54, 1.807) is 11.8 Å². The van der Waals surface area contributed by atoms with Gasteiger partial charge in [0.1, 0.15) is 4.75 Å². The van der Waals surface area contributed by atoms with E-state index in [0.717, 1.165) is 25.0 Å². The Morgan fingerprint density at radius 2 is 1.88 bits per heavy atom. The monoisotopic (exact) mass is 242 g/mol. The number of hydrogen-bond acceptors (Lipinski definition) is 2. The van der Waals surface area contributed by atoms with Gasteiger partial charge in [-0.05, 0) is 43.3 Å². The molecule has 3 heteroatoms. The standard InChI is InChI=1S/C13H22O2S/c1-2-8-16-13(11(14)15)9-12(10-13)6-4-3-5-7-12/h2-10H2,1H3,(H,14,15). The van der Waals surface area contributed by atoms with E-state index >= 15 is 0 Å². The molecule has 0 aromatic rings. The van der Waals surface area contributed by atoms with Crippen LogP contribution in [0.1, 0.15) is 58.3 Å². The molecule has 0 bridgehead atoms. The second kappa shape index (κ2) is 4.59. The van der Waals surface area contributed by atoms with Gasteiger partial charge in [-0.1, -0.05) is 26.2 Å². The molecule has 16 heavy (non-hydrogen) atoms. The van der Waals surface area contributed by atoms with E-state index in [0.29, 0.717) is 5.41 Å². The second-order valence-corrected chi connectivity index (χ2v) is 7.04. The van der Waals surface area contributed by atoms with Crippen molar-refractivity contribution >= 4 is 17.7 Å². The molecule has 0 amide bonds. The summed E-state index contributed by atoms with van der Waals surface area (Å²) in [6.07, 6.45) is 9.46. The number of thioether (sulfide) groups is 1. The molecule has 0 aliphatic heterocycles. The van der Waals surface area contributed by atoms with Crippen LogP contribution in [0.2, 0.25) is 0 Å². The van der Waals surface area contributed by atoms with Crippen molar-refractivity contribution < 1.29 is 9.90 Å². The first-order valence-corrected chi connectivity index (χ1v) is 7.48. The van der Waals surface area contributed by atoms with Crippen LogP contribution in [0.25, 0.3) is 0 Å². The Labute approximate surface area is 102 Å². The van der Waals surface area contributed by atoms with Gasteiger partial charge in [-0.2, -0.15) is 0 Å². The van der Waals surface area contributed by atoms with Gasteiger partial charge in [-0.3, -0.25) is 4.79 Å². The van der Waals surface area contributed by atoms with E-state index in [1.165, 1.54) is 32.1 Å². The predicted molar refractivity (Wildman–Crippen MR) is 67.9 cm³/mol. The maximum absolute atomic E-state index is 11.4. The van der Waals surface area contributed by atoms with E-state index < -0.39 is 10.7 Å². The molecule has 0 aromatic heterocycles. The molecule has 0 aromatic carbocycles. The molecule has 2 aliphatic rings. The highest BCUT2D eigenvalue weighted by Crippen LogP contribution is 2.61. The third kappa shape index (κ3) is 2.11. The van der Waals surface area contributed by atoms with E-state index in [2.05, 4.69) is 6.92 Å². The molecule has 1 N–H and O–H groups in total. The third-order valence-electron chi connectivity index (χ3n) is 4.21. The average Bonchev–Trinajstić information content (AvgIpc) is 2.24. The van der Waals surface area contributed by atoms with E-state index in [9.17, 15) is 9.90 Å². The summed E-state index contributed by atoms with van der Waals surface area (Å²) in [4.78, 5) is 11.4. The number of hydrogen-bond donors (Lipinski definition) is 1. The Balaban J connectivity index is 1.96. The molecule has 0 atom stereocenters. The Morgan fingerprint density at radius 1 is 1.25 bits per heavy atom. The van der Waals surface area contributed by atoms with Crippen LogP contribution in [0.15, 0.2) is 0 Å². The minimum atomic E-state index is -0.567. The fourth-order valence-corrected chi connectivity index (χ4v) is 4.96. The highest BCUT2D eigenvalue weighted by atomic mass is 32.2. The lowest BCUT2D eigenvalue weighted by atomic mass is 9.55. The summed E-state index contributed by atoms with van der Waals surface area (Å²) in [5.74, 6) is 0.421. The first-order valence-electron chi connectivity index (χ1n) is 6.50. The lowest BCUT2D eigenvalue weighted by molar-refractivity contribution is -0.147. The number of carbonyl (C=O) groups is 1. The van der Waals surface area contributed by atoms with Crippen molar-refractivity contribution in [2.75, 3.05) is 5.75 Å². The minimum Gasteiger partial charge on any atom is -0.480 e. The van der Waals surface area contributed by atoms with Gasteiger partial charge in [0, 0.05) is 0 Å². The number of carboxylic acids is 1. The molecule has 0 heterocycles. The van der Waals surface area contributed by atoms with Gasteiger partial charge < -0.3 is 5.11 Å². The van der Waals surface area contributed by atoms with Gasteiger partial charge in [-0.15, -0.1) is 11.8 Å². The van der Waals surface area contributed by atoms with Crippen LogP contribution in [0.5, 0.6) is 0 Å². The molecule has 2 aliphatic carbocycles. The molecule has 0 radical (unpaired) electrons. The molecule has 2 saturated carbocycles. The Bertz CT molecular complexity index is 261. The van der Waals surface area contributed by atoms with Gasteiger partial charge in [0.05, 0.1) is 0 Å². The van der Waals surface area contributed by atoms with E-state index in [-0.39, 0.29) is 0 Å². The smallest absolute Gasteiger partial charge is 0.319 e. The average molecular weight is 242 g/mol. The van der Waals surface area contributed by atoms with Gasteiger partial charge in [0.2, 0.25) is 0 Å². The lowest BCUT2D eigenvalue weighted by Crippen LogP contribution is -2.55. The zero-order chi connectivity index (χ0) is 11.6. The number of carboxylic acid groups (broad SMARTS) is 1. The Kier molecular flexibility index (Phi) is 3.53. The summed E-state index contributed by atoms with van der Waals surface area (Å²) in [5, 5.41) is 9.40. The fraction of sp³-hybridized carbons (Fsp3) is 0.923. The van der Waals surface area contributed by atoms with Crippen molar-refractivity contribution in [2.24, 2.45) is 5.41 Å². The summed E-state index contributed by atoms with van der Waals surface area (Å²) in [6.45, 7) is 2.12. The second-order valence-electron chi connectivity index (χ2n) is 5.56. The largest absolute Gasteiger partial charge is 0.480 e. The lowest BCUT2D eigenvalue weighted by Gasteiger charge is -2.55. The van der Waals surface area contributed by atoms with Crippen molar-refractivity contribution in [3.63, 3.8) is 0 Å². The first-order chi connectivity index (χ1) is 7.63. The predicted octanol–water partition coefficient (Wildman–Crippen LogP) is 3.70. The van der Waals surface area contributed by atoms with E-state index in [4.69, 9.17) is 0 Å². The summed E-state index contributed by atoms with van der Waals surface area (Å²) >= 11 is 1.69. The van der Waals surface area contributed by atoms with Gasteiger partial charge >= 0.3 is 5.97 Å². The Morgan fingerprint density at radius 3 is 2.38 bits per heavy atom. The molecule has 92 valence electrons. The maximum atomic E-state index is 11.4. The number of rotatable bonds is 4. The first kappa shape index (κ1) is 12.3. The fourth-order valence-electron chi connectivity index (χ4n) is 3.43. The normalized spacial score (nSPS) is 26.3. The molecule has 2 fully saturated rings. The zero-order valence-electron chi connectivity index (χ0n) is 10.1. The van der Waals surface area contributed by atoms with Crippen LogP contribution in [-0.4, -0.2) is 21.6 Å². The van der Waals surface area contributed by atoms with Crippen molar-refractivity contribution in [1.29, 1.82) is 0 Å². The number of aliphatic carboxylic acids is 1. The molecular weight excluding hydrogens is 220 g/mol. The summed E-state index contributed by atoms with van der Waals surface area (Å²) in [7, 11) is 0. The molecular formula is C13H22O2S. The molecule has 0 unspecified atom stereocenters. The van der Waals surface area contributed by atoms with Crippen LogP contribution in [0.3, 0.4) is 0 Å². The highest BCUT2D eigenvalue weighted by Gasteiger charge is 2.58. The van der Waals surface area contributed by atoms with Crippen molar-refractivity contribution in [2.45, 2.75) is 63.0 Å². The van der Waals surface area contributed by atoms with Crippen molar-refractivity contribution in [1.82, 2.24) is 0 Å². The molecule has 2 rings (SSSR count). The quantitative estimate of drug-likeness (QED) is 0.816. The SMILES string of the molecule is CCCSC1(C(=O)O)CC2(CCCCC2)C1. The van der Waals surface area contributed by atoms with Gasteiger partial charge in [0.15, 0.2) is 0 Å². The van der Waals surface area contributed by atoms with Crippen LogP contribution in [0.4, 0.5) is 0 Å². The summed E-state index contributed by atoms with van der Waals surface area (Å²) in [5.41, 5.74) is 0.414. The Hall–Kier alpha value is -0.180. The summed E-state index contributed by atoms with van der Waals surface area (Å²) in [6, 6.07) is 0. The highest BCUT2D eigenvalue weighted by molar-refractivity contribution is 8.01. The van der Waals surface area contributed by atoms with Crippen molar-refractivity contribution in [3.05, 3.63) is 0 Å². The topological polar surface area (TPSA) is 37.3 Å².